The molecule has 0 radical (unpaired) electrons. The lowest BCUT2D eigenvalue weighted by atomic mass is 10.0. The van der Waals surface area contributed by atoms with E-state index in [1.54, 1.807) is 0 Å². The molecule has 0 aliphatic heterocycles. The highest BCUT2D eigenvalue weighted by atomic mass is 32.1. The highest BCUT2D eigenvalue weighted by molar-refractivity contribution is 7.80. The van der Waals surface area contributed by atoms with Crippen molar-refractivity contribution in [1.82, 2.24) is 4.90 Å². The Morgan fingerprint density at radius 3 is 2.35 bits per heavy atom. The standard InChI is InChI=1S/C16H22N2OS/c1-11-6-5-7-12(2)15(11)16(19)18(10-14(17)20)13-8-3-4-9-13/h5-7,13H,3-4,8-10H2,1-2H3,(H2,17,20). The van der Waals surface area contributed by atoms with Crippen LogP contribution in [0.5, 0.6) is 0 Å². The molecule has 4 heteroatoms. The number of nitrogens with two attached hydrogens (primary N) is 1. The molecule has 0 unspecified atom stereocenters. The molecule has 0 atom stereocenters. The second kappa shape index (κ2) is 6.35. The van der Waals surface area contributed by atoms with Gasteiger partial charge in [-0.25, -0.2) is 0 Å². The summed E-state index contributed by atoms with van der Waals surface area (Å²) in [6.45, 7) is 4.34. The summed E-state index contributed by atoms with van der Waals surface area (Å²) in [5.41, 5.74) is 8.52. The number of carbonyl (C=O) groups is 1. The number of hydrogen-bond donors (Lipinski definition) is 1. The molecule has 1 aromatic rings. The zero-order chi connectivity index (χ0) is 14.7. The van der Waals surface area contributed by atoms with Crippen LogP contribution in [0, 0.1) is 13.8 Å². The van der Waals surface area contributed by atoms with Crippen molar-refractivity contribution in [3.05, 3.63) is 34.9 Å². The molecule has 0 heterocycles. The minimum absolute atomic E-state index is 0.0697. The maximum atomic E-state index is 12.9. The Labute approximate surface area is 126 Å². The maximum absolute atomic E-state index is 12.9. The van der Waals surface area contributed by atoms with Crippen LogP contribution >= 0.6 is 12.2 Å². The predicted molar refractivity (Wildman–Crippen MR) is 86.0 cm³/mol. The number of amides is 1. The van der Waals surface area contributed by atoms with Crippen LogP contribution in [0.2, 0.25) is 0 Å². The summed E-state index contributed by atoms with van der Waals surface area (Å²) in [4.78, 5) is 15.2. The maximum Gasteiger partial charge on any atom is 0.255 e. The van der Waals surface area contributed by atoms with Crippen LogP contribution in [0.4, 0.5) is 0 Å². The molecule has 108 valence electrons. The topological polar surface area (TPSA) is 46.3 Å². The Morgan fingerprint density at radius 1 is 1.30 bits per heavy atom. The molecule has 20 heavy (non-hydrogen) atoms. The molecule has 1 fully saturated rings. The van der Waals surface area contributed by atoms with Crippen LogP contribution in [0.3, 0.4) is 0 Å². The average Bonchev–Trinajstić information content (AvgIpc) is 2.88. The van der Waals surface area contributed by atoms with Crippen molar-refractivity contribution in [1.29, 1.82) is 0 Å². The van der Waals surface area contributed by atoms with Gasteiger partial charge in [0.05, 0.1) is 11.5 Å². The van der Waals surface area contributed by atoms with Gasteiger partial charge in [0, 0.05) is 11.6 Å². The van der Waals surface area contributed by atoms with Gasteiger partial charge in [-0.05, 0) is 37.8 Å². The van der Waals surface area contributed by atoms with E-state index in [-0.39, 0.29) is 11.9 Å². The zero-order valence-corrected chi connectivity index (χ0v) is 13.0. The lowest BCUT2D eigenvalue weighted by Crippen LogP contribution is -2.44. The first kappa shape index (κ1) is 15.0. The van der Waals surface area contributed by atoms with Gasteiger partial charge in [0.2, 0.25) is 0 Å². The molecular weight excluding hydrogens is 268 g/mol. The fourth-order valence-electron chi connectivity index (χ4n) is 3.05. The summed E-state index contributed by atoms with van der Waals surface area (Å²) in [6, 6.07) is 6.22. The first-order valence-corrected chi connectivity index (χ1v) is 7.57. The highest BCUT2D eigenvalue weighted by Gasteiger charge is 2.29. The molecule has 1 aromatic carbocycles. The third-order valence-electron chi connectivity index (χ3n) is 4.05. The van der Waals surface area contributed by atoms with Crippen LogP contribution in [0.25, 0.3) is 0 Å². The van der Waals surface area contributed by atoms with Crippen LogP contribution in [0.1, 0.15) is 47.2 Å². The lowest BCUT2D eigenvalue weighted by Gasteiger charge is -2.29. The lowest BCUT2D eigenvalue weighted by molar-refractivity contribution is 0.0713. The third kappa shape index (κ3) is 3.18. The Morgan fingerprint density at radius 2 is 1.85 bits per heavy atom. The van der Waals surface area contributed by atoms with E-state index in [4.69, 9.17) is 18.0 Å². The molecule has 3 nitrogen and oxygen atoms in total. The molecule has 1 amide bonds. The van der Waals surface area contributed by atoms with Crippen LogP contribution in [0.15, 0.2) is 18.2 Å². The van der Waals surface area contributed by atoms with Crippen molar-refractivity contribution < 1.29 is 4.79 Å². The number of aryl methyl sites for hydroxylation is 2. The molecule has 2 rings (SSSR count). The number of thiocarbonyl (C=S) groups is 1. The largest absolute Gasteiger partial charge is 0.392 e. The number of carbonyl (C=O) groups excluding carboxylic acids is 1. The molecule has 1 aliphatic carbocycles. The monoisotopic (exact) mass is 290 g/mol. The van der Waals surface area contributed by atoms with E-state index < -0.39 is 0 Å². The van der Waals surface area contributed by atoms with Crippen molar-refractivity contribution in [3.8, 4) is 0 Å². The van der Waals surface area contributed by atoms with Crippen molar-refractivity contribution in [2.45, 2.75) is 45.6 Å². The van der Waals surface area contributed by atoms with E-state index >= 15 is 0 Å². The molecule has 0 bridgehead atoms. The summed E-state index contributed by atoms with van der Waals surface area (Å²) in [5, 5.41) is 0. The highest BCUT2D eigenvalue weighted by Crippen LogP contribution is 2.26. The quantitative estimate of drug-likeness (QED) is 0.867. The van der Waals surface area contributed by atoms with Gasteiger partial charge in [0.15, 0.2) is 0 Å². The number of benzene rings is 1. The first-order chi connectivity index (χ1) is 9.50. The molecule has 0 spiro atoms. The van der Waals surface area contributed by atoms with Gasteiger partial charge in [-0.15, -0.1) is 0 Å². The summed E-state index contributed by atoms with van der Waals surface area (Å²) in [6.07, 6.45) is 4.47. The predicted octanol–water partition coefficient (Wildman–Crippen LogP) is 2.97. The van der Waals surface area contributed by atoms with E-state index in [0.717, 1.165) is 29.5 Å². The Balaban J connectivity index is 2.32. The molecular formula is C16H22N2OS. The van der Waals surface area contributed by atoms with E-state index in [1.807, 2.05) is 36.9 Å². The van der Waals surface area contributed by atoms with Crippen LogP contribution in [-0.2, 0) is 0 Å². The number of hydrogen-bond acceptors (Lipinski definition) is 2. The molecule has 0 aromatic heterocycles. The van der Waals surface area contributed by atoms with Crippen molar-refractivity contribution in [2.75, 3.05) is 6.54 Å². The number of nitrogens with zero attached hydrogens (tertiary/aromatic N) is 1. The molecule has 0 saturated heterocycles. The second-order valence-corrected chi connectivity index (χ2v) is 6.13. The number of rotatable bonds is 4. The van der Waals surface area contributed by atoms with E-state index in [0.29, 0.717) is 11.5 Å². The van der Waals surface area contributed by atoms with Gasteiger partial charge in [-0.2, -0.15) is 0 Å². The normalized spacial score (nSPS) is 15.3. The summed E-state index contributed by atoms with van der Waals surface area (Å²) in [7, 11) is 0. The molecule has 1 saturated carbocycles. The van der Waals surface area contributed by atoms with E-state index in [1.165, 1.54) is 12.8 Å². The van der Waals surface area contributed by atoms with Gasteiger partial charge in [0.1, 0.15) is 0 Å². The Hall–Kier alpha value is -1.42. The Kier molecular flexibility index (Phi) is 4.76. The first-order valence-electron chi connectivity index (χ1n) is 7.16. The summed E-state index contributed by atoms with van der Waals surface area (Å²) in [5.74, 6) is 0.0697. The Bertz CT molecular complexity index is 501. The minimum atomic E-state index is 0.0697. The minimum Gasteiger partial charge on any atom is -0.392 e. The summed E-state index contributed by atoms with van der Waals surface area (Å²) < 4.78 is 0. The van der Waals surface area contributed by atoms with Crippen molar-refractivity contribution >= 4 is 23.1 Å². The van der Waals surface area contributed by atoms with E-state index in [9.17, 15) is 4.79 Å². The van der Waals surface area contributed by atoms with Crippen molar-refractivity contribution in [3.63, 3.8) is 0 Å². The smallest absolute Gasteiger partial charge is 0.255 e. The van der Waals surface area contributed by atoms with E-state index in [2.05, 4.69) is 0 Å². The second-order valence-electron chi connectivity index (χ2n) is 5.60. The van der Waals surface area contributed by atoms with Gasteiger partial charge >= 0.3 is 0 Å². The molecule has 1 aliphatic rings. The average molecular weight is 290 g/mol. The van der Waals surface area contributed by atoms with Crippen molar-refractivity contribution in [2.24, 2.45) is 5.73 Å². The zero-order valence-electron chi connectivity index (χ0n) is 12.2. The third-order valence-corrected chi connectivity index (χ3v) is 4.18. The van der Waals surface area contributed by atoms with Gasteiger partial charge in [-0.3, -0.25) is 4.79 Å². The van der Waals surface area contributed by atoms with Gasteiger partial charge in [-0.1, -0.05) is 43.3 Å². The molecule has 2 N–H and O–H groups in total. The van der Waals surface area contributed by atoms with Crippen LogP contribution in [-0.4, -0.2) is 28.4 Å². The van der Waals surface area contributed by atoms with Crippen LogP contribution < -0.4 is 5.73 Å². The summed E-state index contributed by atoms with van der Waals surface area (Å²) >= 11 is 5.03. The van der Waals surface area contributed by atoms with Gasteiger partial charge in [0.25, 0.3) is 5.91 Å². The fourth-order valence-corrected chi connectivity index (χ4v) is 3.19. The fraction of sp³-hybridized carbons (Fsp3) is 0.500. The van der Waals surface area contributed by atoms with Gasteiger partial charge < -0.3 is 10.6 Å². The SMILES string of the molecule is Cc1cccc(C)c1C(=O)N(CC(N)=S)C1CCCC1.